The van der Waals surface area contributed by atoms with E-state index >= 15 is 0 Å². The van der Waals surface area contributed by atoms with Crippen molar-refractivity contribution in [3.63, 3.8) is 0 Å². The molecule has 2 rings (SSSR count). The van der Waals surface area contributed by atoms with Crippen LogP contribution in [-0.4, -0.2) is 4.98 Å². The van der Waals surface area contributed by atoms with E-state index in [2.05, 4.69) is 37.9 Å². The molecule has 0 saturated carbocycles. The molecule has 17 heavy (non-hydrogen) atoms. The first-order valence-electron chi connectivity index (χ1n) is 6.06. The van der Waals surface area contributed by atoms with Crippen molar-refractivity contribution in [3.05, 3.63) is 42.1 Å². The second kappa shape index (κ2) is 4.46. The SMILES string of the molecule is CC(C)(C)CC(N)c1cccc2ncccc12. The largest absolute Gasteiger partial charge is 0.324 e. The molecule has 2 aromatic rings. The number of benzene rings is 1. The highest BCUT2D eigenvalue weighted by atomic mass is 14.7. The van der Waals surface area contributed by atoms with Gasteiger partial charge in [0.15, 0.2) is 0 Å². The maximum absolute atomic E-state index is 6.32. The first-order chi connectivity index (χ1) is 7.97. The number of nitrogens with zero attached hydrogens (tertiary/aromatic N) is 1. The van der Waals surface area contributed by atoms with E-state index in [1.54, 1.807) is 0 Å². The molecule has 0 amide bonds. The highest BCUT2D eigenvalue weighted by Crippen LogP contribution is 2.30. The Hall–Kier alpha value is -1.41. The van der Waals surface area contributed by atoms with Gasteiger partial charge < -0.3 is 5.73 Å². The molecule has 1 aromatic carbocycles. The number of hydrogen-bond donors (Lipinski definition) is 1. The Morgan fingerprint density at radius 2 is 1.94 bits per heavy atom. The lowest BCUT2D eigenvalue weighted by Crippen LogP contribution is -2.19. The fraction of sp³-hybridized carbons (Fsp3) is 0.400. The molecule has 1 heterocycles. The van der Waals surface area contributed by atoms with Gasteiger partial charge in [0, 0.05) is 17.6 Å². The molecular formula is C15H20N2. The smallest absolute Gasteiger partial charge is 0.0705 e. The van der Waals surface area contributed by atoms with E-state index in [1.807, 2.05) is 24.4 Å². The summed E-state index contributed by atoms with van der Waals surface area (Å²) in [6.07, 6.45) is 2.79. The Morgan fingerprint density at radius 1 is 1.18 bits per heavy atom. The molecule has 0 bridgehead atoms. The molecule has 0 fully saturated rings. The third-order valence-corrected chi connectivity index (χ3v) is 2.91. The van der Waals surface area contributed by atoms with Gasteiger partial charge in [-0.2, -0.15) is 0 Å². The predicted molar refractivity (Wildman–Crippen MR) is 72.7 cm³/mol. The maximum Gasteiger partial charge on any atom is 0.0705 e. The number of hydrogen-bond acceptors (Lipinski definition) is 2. The van der Waals surface area contributed by atoms with Gasteiger partial charge in [0.25, 0.3) is 0 Å². The highest BCUT2D eigenvalue weighted by Gasteiger charge is 2.18. The van der Waals surface area contributed by atoms with Gasteiger partial charge in [0.2, 0.25) is 0 Å². The lowest BCUT2D eigenvalue weighted by molar-refractivity contribution is 0.343. The van der Waals surface area contributed by atoms with Crippen molar-refractivity contribution in [1.29, 1.82) is 0 Å². The van der Waals surface area contributed by atoms with E-state index in [0.29, 0.717) is 0 Å². The zero-order chi connectivity index (χ0) is 12.5. The van der Waals surface area contributed by atoms with Crippen molar-refractivity contribution in [2.45, 2.75) is 33.2 Å². The van der Waals surface area contributed by atoms with Gasteiger partial charge in [-0.05, 0) is 29.5 Å². The molecule has 0 aliphatic carbocycles. The predicted octanol–water partition coefficient (Wildman–Crippen LogP) is 3.67. The lowest BCUT2D eigenvalue weighted by atomic mass is 9.85. The van der Waals surface area contributed by atoms with Gasteiger partial charge in [-0.25, -0.2) is 0 Å². The summed E-state index contributed by atoms with van der Waals surface area (Å²) in [6.45, 7) is 6.66. The lowest BCUT2D eigenvalue weighted by Gasteiger charge is -2.24. The van der Waals surface area contributed by atoms with Crippen LogP contribution in [0.2, 0.25) is 0 Å². The van der Waals surface area contributed by atoms with E-state index in [9.17, 15) is 0 Å². The Bertz CT molecular complexity index is 506. The van der Waals surface area contributed by atoms with Crippen LogP contribution in [0.4, 0.5) is 0 Å². The topological polar surface area (TPSA) is 38.9 Å². The molecule has 90 valence electrons. The molecule has 0 radical (unpaired) electrons. The number of nitrogens with two attached hydrogens (primary N) is 1. The second-order valence-corrected chi connectivity index (χ2v) is 5.79. The fourth-order valence-electron chi connectivity index (χ4n) is 2.22. The monoisotopic (exact) mass is 228 g/mol. The van der Waals surface area contributed by atoms with Crippen LogP contribution in [-0.2, 0) is 0 Å². The number of rotatable bonds is 2. The summed E-state index contributed by atoms with van der Waals surface area (Å²) in [6, 6.07) is 10.3. The summed E-state index contributed by atoms with van der Waals surface area (Å²) in [4.78, 5) is 4.37. The summed E-state index contributed by atoms with van der Waals surface area (Å²) in [5.74, 6) is 0. The maximum atomic E-state index is 6.32. The molecule has 2 N–H and O–H groups in total. The molecule has 2 heteroatoms. The van der Waals surface area contributed by atoms with Crippen molar-refractivity contribution >= 4 is 10.9 Å². The fourth-order valence-corrected chi connectivity index (χ4v) is 2.22. The van der Waals surface area contributed by atoms with Crippen molar-refractivity contribution in [2.24, 2.45) is 11.1 Å². The minimum Gasteiger partial charge on any atom is -0.324 e. The average molecular weight is 228 g/mol. The van der Waals surface area contributed by atoms with E-state index in [1.165, 1.54) is 10.9 Å². The molecular weight excluding hydrogens is 208 g/mol. The molecule has 0 saturated heterocycles. The standard InChI is InChI=1S/C15H20N2/c1-15(2,3)10-13(16)11-6-4-8-14-12(11)7-5-9-17-14/h4-9,13H,10,16H2,1-3H3. The van der Waals surface area contributed by atoms with Gasteiger partial charge >= 0.3 is 0 Å². The second-order valence-electron chi connectivity index (χ2n) is 5.79. The van der Waals surface area contributed by atoms with E-state index in [0.717, 1.165) is 11.9 Å². The molecule has 0 aliphatic heterocycles. The average Bonchev–Trinajstić information content (AvgIpc) is 2.26. The van der Waals surface area contributed by atoms with Crippen LogP contribution in [0.1, 0.15) is 38.8 Å². The minimum absolute atomic E-state index is 0.0721. The Balaban J connectivity index is 2.41. The van der Waals surface area contributed by atoms with E-state index in [4.69, 9.17) is 5.73 Å². The van der Waals surface area contributed by atoms with E-state index < -0.39 is 0 Å². The summed E-state index contributed by atoms with van der Waals surface area (Å²) in [5.41, 5.74) is 8.78. The first kappa shape index (κ1) is 12.1. The Morgan fingerprint density at radius 3 is 2.65 bits per heavy atom. The van der Waals surface area contributed by atoms with Crippen LogP contribution in [0.15, 0.2) is 36.5 Å². The van der Waals surface area contributed by atoms with Crippen LogP contribution in [0.3, 0.4) is 0 Å². The summed E-state index contributed by atoms with van der Waals surface area (Å²) >= 11 is 0. The van der Waals surface area contributed by atoms with Crippen LogP contribution < -0.4 is 5.73 Å². The summed E-state index contributed by atoms with van der Waals surface area (Å²) in [7, 11) is 0. The van der Waals surface area contributed by atoms with Crippen molar-refractivity contribution in [3.8, 4) is 0 Å². The van der Waals surface area contributed by atoms with Crippen molar-refractivity contribution in [1.82, 2.24) is 4.98 Å². The Kier molecular flexibility index (Phi) is 3.16. The normalized spacial score (nSPS) is 13.9. The van der Waals surface area contributed by atoms with Crippen molar-refractivity contribution < 1.29 is 0 Å². The molecule has 1 aromatic heterocycles. The van der Waals surface area contributed by atoms with Gasteiger partial charge in [-0.15, -0.1) is 0 Å². The third-order valence-electron chi connectivity index (χ3n) is 2.91. The van der Waals surface area contributed by atoms with Crippen LogP contribution >= 0.6 is 0 Å². The minimum atomic E-state index is 0.0721. The number of fused-ring (bicyclic) bond motifs is 1. The molecule has 1 unspecified atom stereocenters. The number of pyridine rings is 1. The third kappa shape index (κ3) is 2.83. The molecule has 2 nitrogen and oxygen atoms in total. The zero-order valence-corrected chi connectivity index (χ0v) is 10.8. The van der Waals surface area contributed by atoms with Crippen molar-refractivity contribution in [2.75, 3.05) is 0 Å². The van der Waals surface area contributed by atoms with E-state index in [-0.39, 0.29) is 11.5 Å². The zero-order valence-electron chi connectivity index (χ0n) is 10.8. The van der Waals surface area contributed by atoms with Crippen LogP contribution in [0.25, 0.3) is 10.9 Å². The van der Waals surface area contributed by atoms with Gasteiger partial charge in [0.1, 0.15) is 0 Å². The van der Waals surface area contributed by atoms with Crippen LogP contribution in [0, 0.1) is 5.41 Å². The van der Waals surface area contributed by atoms with Gasteiger partial charge in [-0.3, -0.25) is 4.98 Å². The van der Waals surface area contributed by atoms with Gasteiger partial charge in [0.05, 0.1) is 5.52 Å². The van der Waals surface area contributed by atoms with Gasteiger partial charge in [-0.1, -0.05) is 39.0 Å². The molecule has 1 atom stereocenters. The molecule has 0 spiro atoms. The Labute approximate surface area is 103 Å². The quantitative estimate of drug-likeness (QED) is 0.851. The summed E-state index contributed by atoms with van der Waals surface area (Å²) < 4.78 is 0. The first-order valence-corrected chi connectivity index (χ1v) is 6.06. The van der Waals surface area contributed by atoms with Crippen LogP contribution in [0.5, 0.6) is 0 Å². The molecule has 0 aliphatic rings. The summed E-state index contributed by atoms with van der Waals surface area (Å²) in [5, 5.41) is 1.17. The number of aromatic nitrogens is 1. The highest BCUT2D eigenvalue weighted by molar-refractivity contribution is 5.82.